The number of nitrogens with zero attached hydrogens (tertiary/aromatic N) is 6. The Hall–Kier alpha value is -3.60. The molecule has 2 aromatic carbocycles. The van der Waals surface area contributed by atoms with E-state index in [0.29, 0.717) is 38.7 Å². The van der Waals surface area contributed by atoms with E-state index in [0.717, 1.165) is 21.0 Å². The lowest BCUT2D eigenvalue weighted by Gasteiger charge is -2.16. The highest BCUT2D eigenvalue weighted by Gasteiger charge is 2.35. The van der Waals surface area contributed by atoms with Crippen LogP contribution < -0.4 is 10.4 Å². The zero-order chi connectivity index (χ0) is 25.7. The van der Waals surface area contributed by atoms with Crippen molar-refractivity contribution < 1.29 is 17.9 Å². The van der Waals surface area contributed by atoms with E-state index in [1.807, 2.05) is 6.92 Å². The van der Waals surface area contributed by atoms with Crippen LogP contribution in [0.5, 0.6) is 5.75 Å². The highest BCUT2D eigenvalue weighted by atomic mass is 35.5. The second kappa shape index (κ2) is 8.88. The Bertz CT molecular complexity index is 1490. The molecular formula is C23H22ClF3N6O2. The molecule has 12 heteroatoms. The highest BCUT2D eigenvalue weighted by molar-refractivity contribution is 6.31. The van der Waals surface area contributed by atoms with Gasteiger partial charge in [-0.3, -0.25) is 4.68 Å². The minimum atomic E-state index is -4.50. The molecule has 2 heterocycles. The second-order valence-corrected chi connectivity index (χ2v) is 8.65. The van der Waals surface area contributed by atoms with Crippen LogP contribution in [0.15, 0.2) is 35.1 Å². The molecule has 8 nitrogen and oxygen atoms in total. The average molecular weight is 507 g/mol. The number of halogens is 4. The fraction of sp³-hybridized carbons (Fsp3) is 0.304. The van der Waals surface area contributed by atoms with Gasteiger partial charge >= 0.3 is 11.9 Å². The summed E-state index contributed by atoms with van der Waals surface area (Å²) in [6.45, 7) is 5.41. The molecule has 0 unspecified atom stereocenters. The van der Waals surface area contributed by atoms with Gasteiger partial charge in [0.2, 0.25) is 0 Å². The Morgan fingerprint density at radius 2 is 1.69 bits per heavy atom. The van der Waals surface area contributed by atoms with Crippen molar-refractivity contribution in [1.29, 1.82) is 0 Å². The third kappa shape index (κ3) is 4.55. The lowest BCUT2D eigenvalue weighted by Crippen LogP contribution is -2.24. The molecule has 0 radical (unpaired) electrons. The topological polar surface area (TPSA) is 79.8 Å². The molecule has 0 N–H and O–H groups in total. The van der Waals surface area contributed by atoms with E-state index in [9.17, 15) is 18.0 Å². The third-order valence-corrected chi connectivity index (χ3v) is 6.06. The van der Waals surface area contributed by atoms with Crippen LogP contribution >= 0.6 is 11.6 Å². The van der Waals surface area contributed by atoms with E-state index in [1.165, 1.54) is 18.8 Å². The molecule has 0 amide bonds. The van der Waals surface area contributed by atoms with Gasteiger partial charge in [-0.15, -0.1) is 0 Å². The molecule has 4 rings (SSSR count). The van der Waals surface area contributed by atoms with Crippen LogP contribution in [0.2, 0.25) is 5.02 Å². The van der Waals surface area contributed by atoms with E-state index in [-0.39, 0.29) is 12.3 Å². The van der Waals surface area contributed by atoms with Gasteiger partial charge in [0.1, 0.15) is 18.1 Å². The number of aromatic nitrogens is 6. The summed E-state index contributed by atoms with van der Waals surface area (Å²) in [4.78, 5) is 12.5. The third-order valence-electron chi connectivity index (χ3n) is 5.70. The second-order valence-electron chi connectivity index (χ2n) is 8.25. The summed E-state index contributed by atoms with van der Waals surface area (Å²) in [5.41, 5.74) is 2.72. The van der Waals surface area contributed by atoms with Crippen molar-refractivity contribution in [2.24, 2.45) is 14.1 Å². The quantitative estimate of drug-likeness (QED) is 0.397. The van der Waals surface area contributed by atoms with Crippen molar-refractivity contribution in [3.05, 3.63) is 73.8 Å². The van der Waals surface area contributed by atoms with Gasteiger partial charge in [0.25, 0.3) is 0 Å². The molecule has 0 fully saturated rings. The van der Waals surface area contributed by atoms with Crippen LogP contribution in [0.3, 0.4) is 0 Å². The van der Waals surface area contributed by atoms with Gasteiger partial charge < -0.3 is 4.74 Å². The van der Waals surface area contributed by atoms with Crippen LogP contribution in [-0.4, -0.2) is 29.6 Å². The number of ether oxygens (including phenoxy) is 1. The Morgan fingerprint density at radius 3 is 2.29 bits per heavy atom. The summed E-state index contributed by atoms with van der Waals surface area (Å²) in [6.07, 6.45) is -4.50. The van der Waals surface area contributed by atoms with Gasteiger partial charge in [-0.2, -0.15) is 27.6 Å². The van der Waals surface area contributed by atoms with E-state index < -0.39 is 17.6 Å². The van der Waals surface area contributed by atoms with Gasteiger partial charge in [0.05, 0.1) is 11.4 Å². The number of rotatable bonds is 5. The van der Waals surface area contributed by atoms with Crippen LogP contribution in [0.4, 0.5) is 13.2 Å². The summed E-state index contributed by atoms with van der Waals surface area (Å²) in [5, 5.41) is 12.1. The SMILES string of the molecule is Cc1cc(-c2cc(C(F)(F)F)n(C)n2)c(C)cc1OCc1c(Cl)ccc(C)c1-n1nnn(C)c1=O. The van der Waals surface area contributed by atoms with Gasteiger partial charge in [-0.1, -0.05) is 17.7 Å². The number of alkyl halides is 3. The summed E-state index contributed by atoms with van der Waals surface area (Å²) < 4.78 is 48.8. The normalized spacial score (nSPS) is 11.8. The van der Waals surface area contributed by atoms with Crippen LogP contribution in [0.25, 0.3) is 16.9 Å². The summed E-state index contributed by atoms with van der Waals surface area (Å²) in [5.74, 6) is 0.522. The van der Waals surface area contributed by atoms with Crippen molar-refractivity contribution in [2.75, 3.05) is 0 Å². The largest absolute Gasteiger partial charge is 0.488 e. The predicted octanol–water partition coefficient (Wildman–Crippen LogP) is 4.54. The Labute approximate surface area is 203 Å². The maximum atomic E-state index is 13.2. The average Bonchev–Trinajstić information content (AvgIpc) is 3.33. The molecule has 0 saturated carbocycles. The van der Waals surface area contributed by atoms with E-state index >= 15 is 0 Å². The predicted molar refractivity (Wildman–Crippen MR) is 124 cm³/mol. The maximum Gasteiger partial charge on any atom is 0.433 e. The minimum Gasteiger partial charge on any atom is -0.488 e. The van der Waals surface area contributed by atoms with Crippen LogP contribution in [0.1, 0.15) is 27.9 Å². The van der Waals surface area contributed by atoms with Gasteiger partial charge in [-0.25, -0.2) is 4.79 Å². The minimum absolute atomic E-state index is 0.0281. The molecule has 0 aliphatic rings. The molecule has 4 aromatic rings. The lowest BCUT2D eigenvalue weighted by molar-refractivity contribution is -0.143. The fourth-order valence-electron chi connectivity index (χ4n) is 3.85. The fourth-order valence-corrected chi connectivity index (χ4v) is 4.06. The van der Waals surface area contributed by atoms with Crippen molar-refractivity contribution in [1.82, 2.24) is 29.6 Å². The van der Waals surface area contributed by atoms with Gasteiger partial charge in [0.15, 0.2) is 0 Å². The molecular weight excluding hydrogens is 485 g/mol. The Kier molecular flexibility index (Phi) is 6.22. The summed E-state index contributed by atoms with van der Waals surface area (Å²) in [6, 6.07) is 7.98. The van der Waals surface area contributed by atoms with Crippen molar-refractivity contribution in [3.8, 4) is 22.7 Å². The van der Waals surface area contributed by atoms with Crippen molar-refractivity contribution in [2.45, 2.75) is 33.6 Å². The molecule has 0 bridgehead atoms. The lowest BCUT2D eigenvalue weighted by atomic mass is 10.0. The summed E-state index contributed by atoms with van der Waals surface area (Å²) >= 11 is 6.45. The molecule has 0 spiro atoms. The van der Waals surface area contributed by atoms with Crippen LogP contribution in [0, 0.1) is 20.8 Å². The Balaban J connectivity index is 1.68. The number of hydrogen-bond acceptors (Lipinski definition) is 5. The monoisotopic (exact) mass is 506 g/mol. The molecule has 0 atom stereocenters. The molecule has 0 saturated heterocycles. The number of aryl methyl sites for hydroxylation is 5. The molecule has 0 aliphatic carbocycles. The first kappa shape index (κ1) is 24.5. The zero-order valence-corrected chi connectivity index (χ0v) is 20.4. The van der Waals surface area contributed by atoms with Gasteiger partial charge in [0, 0.05) is 30.2 Å². The van der Waals surface area contributed by atoms with Crippen molar-refractivity contribution in [3.63, 3.8) is 0 Å². The molecule has 184 valence electrons. The van der Waals surface area contributed by atoms with Gasteiger partial charge in [-0.05, 0) is 72.2 Å². The van der Waals surface area contributed by atoms with E-state index in [4.69, 9.17) is 16.3 Å². The smallest absolute Gasteiger partial charge is 0.433 e. The first-order chi connectivity index (χ1) is 16.4. The van der Waals surface area contributed by atoms with Crippen molar-refractivity contribution >= 4 is 11.6 Å². The number of hydrogen-bond donors (Lipinski definition) is 0. The molecule has 0 aliphatic heterocycles. The Morgan fingerprint density at radius 1 is 0.971 bits per heavy atom. The molecule has 35 heavy (non-hydrogen) atoms. The number of benzene rings is 2. The van der Waals surface area contributed by atoms with E-state index in [1.54, 1.807) is 38.1 Å². The van der Waals surface area contributed by atoms with E-state index in [2.05, 4.69) is 15.5 Å². The highest BCUT2D eigenvalue weighted by Crippen LogP contribution is 2.35. The van der Waals surface area contributed by atoms with Crippen LogP contribution in [-0.2, 0) is 26.9 Å². The molecule has 2 aromatic heterocycles. The summed E-state index contributed by atoms with van der Waals surface area (Å²) in [7, 11) is 2.76. The first-order valence-corrected chi connectivity index (χ1v) is 10.9. The maximum absolute atomic E-state index is 13.2. The number of tetrazole rings is 1. The standard InChI is InChI=1S/C23H22ClF3N6O2/c1-12-6-7-17(24)16(21(12)33-22(34)32(5)29-30-33)11-35-19-9-13(2)15(8-14(19)3)18-10-20(23(25,26)27)31(4)28-18/h6-10H,11H2,1-5H3. The zero-order valence-electron chi connectivity index (χ0n) is 19.6. The first-order valence-electron chi connectivity index (χ1n) is 10.5.